The van der Waals surface area contributed by atoms with Crippen LogP contribution in [-0.4, -0.2) is 68.7 Å². The molecule has 0 bridgehead atoms. The SMILES string of the molecule is O=C(O)C(F)(F)F.O=C(c1cnc2n1CCN(CC1CCCCC1)C2)N1CCCC1. The summed E-state index contributed by atoms with van der Waals surface area (Å²) < 4.78 is 33.9. The van der Waals surface area contributed by atoms with Crippen molar-refractivity contribution < 1.29 is 27.9 Å². The molecule has 0 atom stereocenters. The molecule has 3 aliphatic rings. The van der Waals surface area contributed by atoms with E-state index in [-0.39, 0.29) is 5.91 Å². The third kappa shape index (κ3) is 5.74. The Morgan fingerprint density at radius 1 is 1.03 bits per heavy atom. The van der Waals surface area contributed by atoms with Gasteiger partial charge >= 0.3 is 12.1 Å². The number of imidazole rings is 1. The van der Waals surface area contributed by atoms with Crippen molar-refractivity contribution in [3.63, 3.8) is 0 Å². The highest BCUT2D eigenvalue weighted by atomic mass is 19.4. The highest BCUT2D eigenvalue weighted by Gasteiger charge is 2.38. The molecule has 4 rings (SSSR count). The largest absolute Gasteiger partial charge is 0.490 e. The maximum Gasteiger partial charge on any atom is 0.490 e. The lowest BCUT2D eigenvalue weighted by atomic mass is 9.89. The summed E-state index contributed by atoms with van der Waals surface area (Å²) in [5.41, 5.74) is 0.805. The molecule has 30 heavy (non-hydrogen) atoms. The van der Waals surface area contributed by atoms with E-state index in [1.54, 1.807) is 6.20 Å². The second kappa shape index (κ2) is 9.80. The van der Waals surface area contributed by atoms with Crippen LogP contribution in [0.2, 0.25) is 0 Å². The molecule has 0 unspecified atom stereocenters. The molecule has 3 heterocycles. The van der Waals surface area contributed by atoms with E-state index >= 15 is 0 Å². The van der Waals surface area contributed by atoms with Gasteiger partial charge in [0.1, 0.15) is 11.5 Å². The lowest BCUT2D eigenvalue weighted by molar-refractivity contribution is -0.192. The minimum absolute atomic E-state index is 0.182. The number of fused-ring (bicyclic) bond motifs is 1. The minimum Gasteiger partial charge on any atom is -0.475 e. The lowest BCUT2D eigenvalue weighted by Gasteiger charge is -2.33. The maximum atomic E-state index is 12.6. The van der Waals surface area contributed by atoms with E-state index in [0.29, 0.717) is 0 Å². The standard InChI is InChI=1S/C18H28N4O.C2HF3O2/c23-18(21-8-4-5-9-21)16-12-19-17-14-20(10-11-22(16)17)13-15-6-2-1-3-7-15;3-2(4,5)1(6)7/h12,15H,1-11,13-14H2;(H,6,7). The summed E-state index contributed by atoms with van der Waals surface area (Å²) in [5, 5.41) is 7.12. The third-order valence-electron chi connectivity index (χ3n) is 6.04. The highest BCUT2D eigenvalue weighted by molar-refractivity contribution is 5.92. The summed E-state index contributed by atoms with van der Waals surface area (Å²) in [5.74, 6) is -0.625. The molecule has 1 saturated heterocycles. The number of hydrogen-bond acceptors (Lipinski definition) is 4. The first-order chi connectivity index (χ1) is 14.3. The zero-order valence-electron chi connectivity index (χ0n) is 17.0. The second-order valence-electron chi connectivity index (χ2n) is 8.25. The molecule has 0 radical (unpaired) electrons. The monoisotopic (exact) mass is 430 g/mol. The van der Waals surface area contributed by atoms with Gasteiger partial charge in [-0.15, -0.1) is 0 Å². The van der Waals surface area contributed by atoms with Crippen LogP contribution in [0.25, 0.3) is 0 Å². The van der Waals surface area contributed by atoms with Gasteiger partial charge in [0.15, 0.2) is 0 Å². The Kier molecular flexibility index (Phi) is 7.38. The Labute approximate surface area is 173 Å². The van der Waals surface area contributed by atoms with E-state index in [1.807, 2.05) is 4.90 Å². The number of likely N-dealkylation sites (tertiary alicyclic amines) is 1. The van der Waals surface area contributed by atoms with Crippen molar-refractivity contribution in [2.45, 2.75) is 64.2 Å². The summed E-state index contributed by atoms with van der Waals surface area (Å²) in [4.78, 5) is 30.6. The van der Waals surface area contributed by atoms with Crippen LogP contribution in [0, 0.1) is 5.92 Å². The fourth-order valence-electron chi connectivity index (χ4n) is 4.45. The van der Waals surface area contributed by atoms with Crippen molar-refractivity contribution >= 4 is 11.9 Å². The van der Waals surface area contributed by atoms with E-state index in [1.165, 1.54) is 38.6 Å². The first-order valence-electron chi connectivity index (χ1n) is 10.6. The fourth-order valence-corrected chi connectivity index (χ4v) is 4.45. The van der Waals surface area contributed by atoms with Crippen LogP contribution in [0.1, 0.15) is 61.3 Å². The second-order valence-corrected chi connectivity index (χ2v) is 8.25. The van der Waals surface area contributed by atoms with Crippen molar-refractivity contribution in [3.05, 3.63) is 17.7 Å². The van der Waals surface area contributed by atoms with E-state index in [9.17, 15) is 18.0 Å². The molecular weight excluding hydrogens is 401 g/mol. The molecule has 7 nitrogen and oxygen atoms in total. The molecule has 1 saturated carbocycles. The molecule has 0 aromatic carbocycles. The van der Waals surface area contributed by atoms with Crippen LogP contribution in [0.15, 0.2) is 6.20 Å². The average molecular weight is 430 g/mol. The minimum atomic E-state index is -5.08. The van der Waals surface area contributed by atoms with Crippen molar-refractivity contribution in [1.29, 1.82) is 0 Å². The number of carbonyl (C=O) groups excluding carboxylic acids is 1. The number of rotatable bonds is 3. The van der Waals surface area contributed by atoms with Gasteiger partial charge in [0.05, 0.1) is 12.7 Å². The number of amides is 1. The zero-order valence-corrected chi connectivity index (χ0v) is 17.0. The zero-order chi connectivity index (χ0) is 21.7. The molecule has 1 aromatic heterocycles. The van der Waals surface area contributed by atoms with Crippen LogP contribution in [0.3, 0.4) is 0 Å². The normalized spacial score (nSPS) is 20.4. The van der Waals surface area contributed by atoms with Gasteiger partial charge in [-0.05, 0) is 31.6 Å². The van der Waals surface area contributed by atoms with Crippen molar-refractivity contribution in [2.24, 2.45) is 5.92 Å². The van der Waals surface area contributed by atoms with E-state index in [2.05, 4.69) is 14.5 Å². The molecule has 10 heteroatoms. The van der Waals surface area contributed by atoms with Crippen LogP contribution in [-0.2, 0) is 17.9 Å². The van der Waals surface area contributed by atoms with Crippen molar-refractivity contribution in [3.8, 4) is 0 Å². The molecule has 2 fully saturated rings. The molecule has 2 aliphatic heterocycles. The number of aliphatic carboxylic acids is 1. The number of alkyl halides is 3. The van der Waals surface area contributed by atoms with Crippen LogP contribution >= 0.6 is 0 Å². The highest BCUT2D eigenvalue weighted by Crippen LogP contribution is 2.26. The van der Waals surface area contributed by atoms with Gasteiger partial charge in [0.2, 0.25) is 0 Å². The molecule has 168 valence electrons. The average Bonchev–Trinajstić information content (AvgIpc) is 3.38. The quantitative estimate of drug-likeness (QED) is 0.797. The Bertz CT molecular complexity index is 738. The molecular formula is C20H29F3N4O3. The summed E-state index contributed by atoms with van der Waals surface area (Å²) >= 11 is 0. The van der Waals surface area contributed by atoms with Gasteiger partial charge in [-0.1, -0.05) is 19.3 Å². The number of carbonyl (C=O) groups is 2. The summed E-state index contributed by atoms with van der Waals surface area (Å²) in [6.07, 6.45) is 6.02. The number of carboxylic acids is 1. The summed E-state index contributed by atoms with van der Waals surface area (Å²) in [6, 6.07) is 0. The predicted octanol–water partition coefficient (Wildman–Crippen LogP) is 3.15. The number of carboxylic acid groups (broad SMARTS) is 1. The molecule has 1 aromatic rings. The number of hydrogen-bond donors (Lipinski definition) is 1. The van der Waals surface area contributed by atoms with Crippen LogP contribution < -0.4 is 0 Å². The van der Waals surface area contributed by atoms with Crippen LogP contribution in [0.5, 0.6) is 0 Å². The van der Waals surface area contributed by atoms with Gasteiger partial charge in [0.25, 0.3) is 5.91 Å². The third-order valence-corrected chi connectivity index (χ3v) is 6.04. The topological polar surface area (TPSA) is 78.7 Å². The Morgan fingerprint density at radius 3 is 2.27 bits per heavy atom. The van der Waals surface area contributed by atoms with E-state index < -0.39 is 12.1 Å². The Morgan fingerprint density at radius 2 is 1.67 bits per heavy atom. The number of aromatic nitrogens is 2. The Balaban J connectivity index is 0.000000318. The predicted molar refractivity (Wildman–Crippen MR) is 103 cm³/mol. The number of halogens is 3. The molecule has 0 spiro atoms. The summed E-state index contributed by atoms with van der Waals surface area (Å²) in [6.45, 7) is 5.91. The van der Waals surface area contributed by atoms with Gasteiger partial charge in [-0.25, -0.2) is 9.78 Å². The fraction of sp³-hybridized carbons (Fsp3) is 0.750. The number of nitrogens with zero attached hydrogens (tertiary/aromatic N) is 4. The first kappa shape index (κ1) is 22.6. The van der Waals surface area contributed by atoms with Gasteiger partial charge < -0.3 is 14.6 Å². The Hall–Kier alpha value is -2.10. The first-order valence-corrected chi connectivity index (χ1v) is 10.6. The van der Waals surface area contributed by atoms with E-state index in [0.717, 1.165) is 63.0 Å². The molecule has 1 aliphatic carbocycles. The maximum absolute atomic E-state index is 12.6. The van der Waals surface area contributed by atoms with Crippen molar-refractivity contribution in [2.75, 3.05) is 26.2 Å². The summed E-state index contributed by atoms with van der Waals surface area (Å²) in [7, 11) is 0. The van der Waals surface area contributed by atoms with E-state index in [4.69, 9.17) is 9.90 Å². The van der Waals surface area contributed by atoms with Gasteiger partial charge in [-0.3, -0.25) is 9.69 Å². The van der Waals surface area contributed by atoms with Crippen LogP contribution in [0.4, 0.5) is 13.2 Å². The molecule has 1 N–H and O–H groups in total. The lowest BCUT2D eigenvalue weighted by Crippen LogP contribution is -2.39. The van der Waals surface area contributed by atoms with Crippen molar-refractivity contribution in [1.82, 2.24) is 19.4 Å². The van der Waals surface area contributed by atoms with Gasteiger partial charge in [-0.2, -0.15) is 13.2 Å². The molecule has 1 amide bonds. The smallest absolute Gasteiger partial charge is 0.475 e. The van der Waals surface area contributed by atoms with Gasteiger partial charge in [0, 0.05) is 32.7 Å².